The highest BCUT2D eigenvalue weighted by Crippen LogP contribution is 2.15. The normalized spacial score (nSPS) is 12.6. The monoisotopic (exact) mass is 247 g/mol. The van der Waals surface area contributed by atoms with Crippen molar-refractivity contribution in [2.45, 2.75) is 18.9 Å². The molecule has 1 unspecified atom stereocenters. The average molecular weight is 247 g/mol. The van der Waals surface area contributed by atoms with Gasteiger partial charge in [0.1, 0.15) is 6.04 Å². The molecule has 96 valence electrons. The molecule has 0 aliphatic carbocycles. The summed E-state index contributed by atoms with van der Waals surface area (Å²) in [7, 11) is 3.31. The van der Waals surface area contributed by atoms with Crippen molar-refractivity contribution in [3.8, 4) is 0 Å². The highest BCUT2D eigenvalue weighted by Gasteiger charge is 2.13. The van der Waals surface area contributed by atoms with Crippen LogP contribution in [0, 0.1) is 0 Å². The van der Waals surface area contributed by atoms with E-state index in [1.165, 1.54) is 7.11 Å². The van der Waals surface area contributed by atoms with Crippen molar-refractivity contribution in [1.29, 1.82) is 0 Å². The molecule has 0 fully saturated rings. The maximum atomic E-state index is 11.2. The zero-order valence-corrected chi connectivity index (χ0v) is 10.6. The van der Waals surface area contributed by atoms with E-state index in [1.807, 2.05) is 29.8 Å². The predicted molar refractivity (Wildman–Crippen MR) is 69.0 cm³/mol. The molecule has 1 atom stereocenters. The first-order valence-corrected chi connectivity index (χ1v) is 5.85. The van der Waals surface area contributed by atoms with E-state index in [-0.39, 0.29) is 5.97 Å². The molecule has 5 nitrogen and oxygen atoms in total. The van der Waals surface area contributed by atoms with Gasteiger partial charge in [-0.2, -0.15) is 0 Å². The van der Waals surface area contributed by atoms with Crippen LogP contribution in [0.4, 0.5) is 0 Å². The molecule has 2 N–H and O–H groups in total. The Kier molecular flexibility index (Phi) is 3.62. The molecule has 0 aliphatic rings. The predicted octanol–water partition coefficient (Wildman–Crippen LogP) is 1.01. The van der Waals surface area contributed by atoms with Gasteiger partial charge >= 0.3 is 5.97 Å². The van der Waals surface area contributed by atoms with Crippen molar-refractivity contribution in [2.24, 2.45) is 12.8 Å². The highest BCUT2D eigenvalue weighted by atomic mass is 16.5. The van der Waals surface area contributed by atoms with Crippen LogP contribution in [0.25, 0.3) is 11.0 Å². The second-order valence-electron chi connectivity index (χ2n) is 4.35. The van der Waals surface area contributed by atoms with E-state index in [0.717, 1.165) is 23.0 Å². The van der Waals surface area contributed by atoms with Gasteiger partial charge in [-0.3, -0.25) is 4.79 Å². The summed E-state index contributed by atoms with van der Waals surface area (Å²) < 4.78 is 6.57. The number of benzene rings is 1. The molecule has 0 saturated carbocycles. The smallest absolute Gasteiger partial charge is 0.322 e. The number of fused-ring (bicyclic) bond motifs is 1. The van der Waals surface area contributed by atoms with E-state index >= 15 is 0 Å². The topological polar surface area (TPSA) is 70.1 Å². The lowest BCUT2D eigenvalue weighted by Gasteiger charge is -2.08. The van der Waals surface area contributed by atoms with Crippen LogP contribution in [0.5, 0.6) is 0 Å². The van der Waals surface area contributed by atoms with Gasteiger partial charge in [-0.05, 0) is 30.5 Å². The van der Waals surface area contributed by atoms with Crippen molar-refractivity contribution in [3.63, 3.8) is 0 Å². The Balaban J connectivity index is 2.06. The summed E-state index contributed by atoms with van der Waals surface area (Å²) in [6.45, 7) is 0. The zero-order chi connectivity index (χ0) is 13.1. The summed E-state index contributed by atoms with van der Waals surface area (Å²) >= 11 is 0. The second kappa shape index (κ2) is 5.18. The number of rotatable bonds is 4. The van der Waals surface area contributed by atoms with Crippen molar-refractivity contribution in [1.82, 2.24) is 9.55 Å². The van der Waals surface area contributed by atoms with Crippen LogP contribution in [-0.2, 0) is 23.0 Å². The minimum Gasteiger partial charge on any atom is -0.468 e. The fourth-order valence-electron chi connectivity index (χ4n) is 1.93. The number of nitrogens with two attached hydrogens (primary N) is 1. The van der Waals surface area contributed by atoms with E-state index in [1.54, 1.807) is 6.33 Å². The number of methoxy groups -OCH3 is 1. The summed E-state index contributed by atoms with van der Waals surface area (Å²) in [6, 6.07) is 5.53. The minimum absolute atomic E-state index is 0.367. The third-order valence-electron chi connectivity index (χ3n) is 3.04. The number of hydrogen-bond acceptors (Lipinski definition) is 4. The molecule has 1 aromatic heterocycles. The van der Waals surface area contributed by atoms with E-state index in [0.29, 0.717) is 6.42 Å². The molecule has 18 heavy (non-hydrogen) atoms. The number of aryl methyl sites for hydroxylation is 2. The van der Waals surface area contributed by atoms with Gasteiger partial charge in [0.15, 0.2) is 0 Å². The van der Waals surface area contributed by atoms with Gasteiger partial charge in [0.05, 0.1) is 24.5 Å². The van der Waals surface area contributed by atoms with Gasteiger partial charge in [0.25, 0.3) is 0 Å². The number of esters is 1. The number of hydrogen-bond donors (Lipinski definition) is 1. The van der Waals surface area contributed by atoms with Gasteiger partial charge in [-0.15, -0.1) is 0 Å². The first kappa shape index (κ1) is 12.6. The largest absolute Gasteiger partial charge is 0.468 e. The van der Waals surface area contributed by atoms with Gasteiger partial charge in [-0.25, -0.2) is 4.98 Å². The Labute approximate surface area is 106 Å². The number of carbonyl (C=O) groups excluding carboxylic acids is 1. The highest BCUT2D eigenvalue weighted by molar-refractivity contribution is 5.76. The standard InChI is InChI=1S/C13H17N3O2/c1-16-8-15-11-7-9(4-6-12(11)16)3-5-10(14)13(17)18-2/h4,6-8,10H,3,5,14H2,1-2H3. The molecule has 2 aromatic rings. The summed E-state index contributed by atoms with van der Waals surface area (Å²) in [5.41, 5.74) is 8.88. The molecule has 5 heteroatoms. The first-order valence-electron chi connectivity index (χ1n) is 5.85. The number of carbonyl (C=O) groups is 1. The fraction of sp³-hybridized carbons (Fsp3) is 0.385. The Hall–Kier alpha value is -1.88. The molecular formula is C13H17N3O2. The Morgan fingerprint density at radius 1 is 1.56 bits per heavy atom. The summed E-state index contributed by atoms with van der Waals surface area (Å²) in [4.78, 5) is 15.5. The quantitative estimate of drug-likeness (QED) is 0.818. The lowest BCUT2D eigenvalue weighted by Crippen LogP contribution is -2.31. The third-order valence-corrected chi connectivity index (χ3v) is 3.04. The number of aromatic nitrogens is 2. The maximum absolute atomic E-state index is 11.2. The first-order chi connectivity index (χ1) is 8.61. The van der Waals surface area contributed by atoms with E-state index in [9.17, 15) is 4.79 Å². The molecule has 1 heterocycles. The average Bonchev–Trinajstić information content (AvgIpc) is 2.76. The van der Waals surface area contributed by atoms with Crippen LogP contribution in [0.2, 0.25) is 0 Å². The Morgan fingerprint density at radius 3 is 3.06 bits per heavy atom. The molecule has 0 amide bonds. The van der Waals surface area contributed by atoms with Gasteiger partial charge in [0, 0.05) is 7.05 Å². The van der Waals surface area contributed by atoms with Gasteiger partial charge in [-0.1, -0.05) is 6.07 Å². The molecule has 1 aromatic carbocycles. The van der Waals surface area contributed by atoms with Gasteiger partial charge < -0.3 is 15.0 Å². The van der Waals surface area contributed by atoms with Gasteiger partial charge in [0.2, 0.25) is 0 Å². The van der Waals surface area contributed by atoms with E-state index in [4.69, 9.17) is 5.73 Å². The van der Waals surface area contributed by atoms with Crippen LogP contribution in [0.3, 0.4) is 0 Å². The van der Waals surface area contributed by atoms with Crippen LogP contribution in [-0.4, -0.2) is 28.7 Å². The Bertz CT molecular complexity index is 562. The minimum atomic E-state index is -0.561. The molecule has 2 rings (SSSR count). The van der Waals surface area contributed by atoms with E-state index in [2.05, 4.69) is 9.72 Å². The second-order valence-corrected chi connectivity index (χ2v) is 4.35. The molecular weight excluding hydrogens is 230 g/mol. The fourth-order valence-corrected chi connectivity index (χ4v) is 1.93. The van der Waals surface area contributed by atoms with Crippen LogP contribution < -0.4 is 5.73 Å². The van der Waals surface area contributed by atoms with E-state index < -0.39 is 6.04 Å². The SMILES string of the molecule is COC(=O)C(N)CCc1ccc2c(c1)ncn2C. The summed E-state index contributed by atoms with van der Waals surface area (Å²) in [6.07, 6.45) is 3.10. The summed E-state index contributed by atoms with van der Waals surface area (Å²) in [5, 5.41) is 0. The third kappa shape index (κ3) is 2.51. The van der Waals surface area contributed by atoms with Crippen LogP contribution >= 0.6 is 0 Å². The van der Waals surface area contributed by atoms with Crippen molar-refractivity contribution >= 4 is 17.0 Å². The maximum Gasteiger partial charge on any atom is 0.322 e. The summed E-state index contributed by atoms with van der Waals surface area (Å²) in [5.74, 6) is -0.367. The molecule has 0 saturated heterocycles. The Morgan fingerprint density at radius 2 is 2.33 bits per heavy atom. The molecule has 0 spiro atoms. The lowest BCUT2D eigenvalue weighted by molar-refractivity contribution is -0.142. The number of ether oxygens (including phenoxy) is 1. The number of nitrogens with zero attached hydrogens (tertiary/aromatic N) is 2. The van der Waals surface area contributed by atoms with Crippen molar-refractivity contribution in [2.75, 3.05) is 7.11 Å². The lowest BCUT2D eigenvalue weighted by atomic mass is 10.1. The molecule has 0 radical (unpaired) electrons. The molecule has 0 aliphatic heterocycles. The van der Waals surface area contributed by atoms with Crippen molar-refractivity contribution in [3.05, 3.63) is 30.1 Å². The van der Waals surface area contributed by atoms with Crippen LogP contribution in [0.1, 0.15) is 12.0 Å². The van der Waals surface area contributed by atoms with Crippen LogP contribution in [0.15, 0.2) is 24.5 Å². The molecule has 0 bridgehead atoms. The van der Waals surface area contributed by atoms with Crippen molar-refractivity contribution < 1.29 is 9.53 Å². The zero-order valence-electron chi connectivity index (χ0n) is 10.6. The number of imidazole rings is 1.